The van der Waals surface area contributed by atoms with Crippen molar-refractivity contribution in [3.05, 3.63) is 55.7 Å². The Morgan fingerprint density at radius 3 is 1.08 bits per heavy atom. The molecule has 0 unspecified atom stereocenters. The van der Waals surface area contributed by atoms with Gasteiger partial charge in [0.1, 0.15) is 9.52 Å². The summed E-state index contributed by atoms with van der Waals surface area (Å²) in [4.78, 5) is 38.4. The van der Waals surface area contributed by atoms with Crippen molar-refractivity contribution >= 4 is 11.7 Å². The SMILES string of the molecule is Cc1[nH]cnc1C1=[N+]([O-])C(C)(C)C(C)(C)[N+]1=O.Cc1[nH]cnc1C1=[N+]([O-])C(C)(C)C(C)(C)[N+]1=O.[Cl-].[Cl-].[Cu]. The van der Waals surface area contributed by atoms with Crippen LogP contribution in [0.1, 0.15) is 78.2 Å². The molecule has 0 bridgehead atoms. The fourth-order valence-electron chi connectivity index (χ4n) is 3.77. The van der Waals surface area contributed by atoms with Crippen molar-refractivity contribution in [2.24, 2.45) is 0 Å². The van der Waals surface area contributed by atoms with E-state index in [0.717, 1.165) is 30.4 Å². The minimum Gasteiger partial charge on any atom is -1.00 e. The first kappa shape index (κ1) is 34.7. The average molecular weight is 609 g/mol. The molecule has 12 nitrogen and oxygen atoms in total. The Kier molecular flexibility index (Phi) is 10.1. The summed E-state index contributed by atoms with van der Waals surface area (Å²) < 4.78 is 3.07. The van der Waals surface area contributed by atoms with Gasteiger partial charge in [-0.2, -0.15) is 0 Å². The largest absolute Gasteiger partial charge is 1.00 e. The van der Waals surface area contributed by atoms with Gasteiger partial charge in [-0.05, 0) is 13.8 Å². The maximum Gasteiger partial charge on any atom is 0.525 e. The second-order valence-electron chi connectivity index (χ2n) is 10.8. The first-order chi connectivity index (χ1) is 15.4. The summed E-state index contributed by atoms with van der Waals surface area (Å²) in [5, 5.41) is 24.6. The number of H-pyrrole nitrogens is 2. The molecular formula is C22H34Cl2CuN8O4. The van der Waals surface area contributed by atoms with Gasteiger partial charge in [-0.3, -0.25) is 0 Å². The molecular weight excluding hydrogens is 575 g/mol. The van der Waals surface area contributed by atoms with Crippen molar-refractivity contribution in [1.29, 1.82) is 0 Å². The molecule has 0 fully saturated rings. The number of hydrogen-bond donors (Lipinski definition) is 2. The van der Waals surface area contributed by atoms with E-state index in [0.29, 0.717) is 11.4 Å². The molecule has 2 aromatic heterocycles. The number of amidine groups is 2. The van der Waals surface area contributed by atoms with Gasteiger partial charge in [-0.15, -0.1) is 9.48 Å². The van der Waals surface area contributed by atoms with E-state index in [2.05, 4.69) is 19.9 Å². The number of imidazole rings is 2. The summed E-state index contributed by atoms with van der Waals surface area (Å²) in [6.07, 6.45) is 2.97. The second kappa shape index (κ2) is 10.8. The van der Waals surface area contributed by atoms with Crippen LogP contribution in [0.5, 0.6) is 0 Å². The number of aromatic amines is 2. The van der Waals surface area contributed by atoms with Crippen molar-refractivity contribution in [2.45, 2.75) is 91.4 Å². The average Bonchev–Trinajstić information content (AvgIpc) is 3.40. The molecule has 2 aromatic rings. The van der Waals surface area contributed by atoms with Gasteiger partial charge in [-0.25, -0.2) is 9.97 Å². The molecule has 4 heterocycles. The maximum absolute atomic E-state index is 12.3. The van der Waals surface area contributed by atoms with Crippen LogP contribution in [0.15, 0.2) is 12.7 Å². The number of nitrogens with one attached hydrogen (secondary N) is 2. The zero-order chi connectivity index (χ0) is 26.0. The first-order valence-electron chi connectivity index (χ1n) is 11.1. The molecule has 2 aliphatic rings. The first-order valence-corrected chi connectivity index (χ1v) is 11.1. The minimum atomic E-state index is -0.796. The van der Waals surface area contributed by atoms with Crippen LogP contribution in [0.25, 0.3) is 0 Å². The van der Waals surface area contributed by atoms with Crippen LogP contribution in [-0.4, -0.2) is 72.8 Å². The number of halogens is 2. The van der Waals surface area contributed by atoms with Gasteiger partial charge < -0.3 is 45.2 Å². The van der Waals surface area contributed by atoms with Crippen molar-refractivity contribution < 1.29 is 60.9 Å². The molecule has 1 radical (unpaired) electrons. The molecule has 211 valence electrons. The summed E-state index contributed by atoms with van der Waals surface area (Å²) >= 11 is 0. The van der Waals surface area contributed by atoms with Crippen LogP contribution >= 0.6 is 0 Å². The third-order valence-corrected chi connectivity index (χ3v) is 7.88. The van der Waals surface area contributed by atoms with Crippen LogP contribution in [0.4, 0.5) is 0 Å². The number of aromatic nitrogens is 4. The monoisotopic (exact) mass is 607 g/mol. The second-order valence-corrected chi connectivity index (χ2v) is 10.8. The van der Waals surface area contributed by atoms with Gasteiger partial charge >= 0.3 is 11.7 Å². The van der Waals surface area contributed by atoms with E-state index in [1.807, 2.05) is 0 Å². The van der Waals surface area contributed by atoms with Gasteiger partial charge in [0.15, 0.2) is 0 Å². The fraction of sp³-hybridized carbons (Fsp3) is 0.636. The summed E-state index contributed by atoms with van der Waals surface area (Å²) in [6.45, 7) is 17.7. The Labute approximate surface area is 239 Å². The van der Waals surface area contributed by atoms with E-state index in [-0.39, 0.29) is 53.6 Å². The Balaban J connectivity index is 0.000000648. The number of hydroxylamine groups is 2. The molecule has 0 amide bonds. The number of nitroso groups, excluding NO2 is 2. The zero-order valence-corrected chi connectivity index (χ0v) is 25.0. The van der Waals surface area contributed by atoms with Gasteiger partial charge in [0, 0.05) is 82.3 Å². The zero-order valence-electron chi connectivity index (χ0n) is 22.5. The topological polar surface area (TPSA) is 150 Å². The summed E-state index contributed by atoms with van der Waals surface area (Å²) in [7, 11) is 0. The predicted molar refractivity (Wildman–Crippen MR) is 126 cm³/mol. The molecule has 15 heteroatoms. The van der Waals surface area contributed by atoms with E-state index in [1.165, 1.54) is 12.7 Å². The van der Waals surface area contributed by atoms with E-state index in [1.54, 1.807) is 69.2 Å². The predicted octanol–water partition coefficient (Wildman–Crippen LogP) is -3.35. The molecule has 0 atom stereocenters. The molecule has 37 heavy (non-hydrogen) atoms. The normalized spacial score (nSPS) is 20.5. The standard InChI is InChI=1S/2C11H17N4O2.2ClH.Cu/c2*1-7-8(13-6-12-7)9-14(16)10(2,3)11(4,5)15(9)17;;;/h2*6H,1-5H3,(H,12,13);2*1H;/q2*+1;;;/p-2. The molecule has 0 spiro atoms. The third-order valence-electron chi connectivity index (χ3n) is 7.88. The third kappa shape index (κ3) is 4.82. The molecule has 0 saturated carbocycles. The van der Waals surface area contributed by atoms with Crippen molar-refractivity contribution in [3.63, 3.8) is 0 Å². The Hall–Kier alpha value is -2.34. The van der Waals surface area contributed by atoms with Crippen LogP contribution in [0, 0.1) is 34.1 Å². The van der Waals surface area contributed by atoms with E-state index >= 15 is 0 Å². The summed E-state index contributed by atoms with van der Waals surface area (Å²) in [5.41, 5.74) is -0.900. The van der Waals surface area contributed by atoms with Crippen molar-refractivity contribution in [3.8, 4) is 0 Å². The van der Waals surface area contributed by atoms with E-state index in [9.17, 15) is 20.2 Å². The molecule has 2 aliphatic heterocycles. The van der Waals surface area contributed by atoms with Crippen LogP contribution in [0.2, 0.25) is 0 Å². The van der Waals surface area contributed by atoms with Crippen LogP contribution < -0.4 is 24.8 Å². The van der Waals surface area contributed by atoms with Gasteiger partial charge in [0.25, 0.3) is 11.1 Å². The minimum absolute atomic E-state index is 0. The Bertz CT molecular complexity index is 1160. The summed E-state index contributed by atoms with van der Waals surface area (Å²) in [6, 6.07) is 0. The van der Waals surface area contributed by atoms with E-state index < -0.39 is 22.2 Å². The molecule has 0 aliphatic carbocycles. The Morgan fingerprint density at radius 2 is 0.919 bits per heavy atom. The summed E-state index contributed by atoms with van der Waals surface area (Å²) in [5.74, 6) is 0.164. The smallest absolute Gasteiger partial charge is 0.525 e. The molecule has 2 N–H and O–H groups in total. The number of aryl methyl sites for hydroxylation is 2. The van der Waals surface area contributed by atoms with Crippen molar-refractivity contribution in [2.75, 3.05) is 0 Å². The molecule has 4 rings (SSSR count). The van der Waals surface area contributed by atoms with Crippen LogP contribution in [-0.2, 0) is 17.1 Å². The number of nitrogens with zero attached hydrogens (tertiary/aromatic N) is 6. The number of hydrogen-bond acceptors (Lipinski definition) is 6. The quantitative estimate of drug-likeness (QED) is 0.207. The van der Waals surface area contributed by atoms with Gasteiger partial charge in [0.2, 0.25) is 22.5 Å². The molecule has 0 saturated heterocycles. The Morgan fingerprint density at radius 1 is 0.649 bits per heavy atom. The van der Waals surface area contributed by atoms with E-state index in [4.69, 9.17) is 0 Å². The van der Waals surface area contributed by atoms with Gasteiger partial charge in [0.05, 0.1) is 24.0 Å². The van der Waals surface area contributed by atoms with Gasteiger partial charge in [-0.1, -0.05) is 0 Å². The maximum atomic E-state index is 12.3. The molecule has 0 aromatic carbocycles. The fourth-order valence-corrected chi connectivity index (χ4v) is 3.77. The number of rotatable bonds is 2. The van der Waals surface area contributed by atoms with Crippen molar-refractivity contribution in [1.82, 2.24) is 19.9 Å². The van der Waals surface area contributed by atoms with Crippen LogP contribution in [0.3, 0.4) is 0 Å².